The minimum atomic E-state index is -3.92. The van der Waals surface area contributed by atoms with Gasteiger partial charge in [0, 0.05) is 11.8 Å². The van der Waals surface area contributed by atoms with Crippen LogP contribution < -0.4 is 9.05 Å². The van der Waals surface area contributed by atoms with Gasteiger partial charge in [0.05, 0.1) is 11.2 Å². The molecule has 0 aliphatic heterocycles. The third kappa shape index (κ3) is 5.12. The van der Waals surface area contributed by atoms with E-state index in [2.05, 4.69) is 47.7 Å². The van der Waals surface area contributed by atoms with Crippen LogP contribution in [0.3, 0.4) is 0 Å². The lowest BCUT2D eigenvalue weighted by molar-refractivity contribution is 0.378. The van der Waals surface area contributed by atoms with E-state index in [0.717, 1.165) is 27.9 Å². The van der Waals surface area contributed by atoms with Crippen molar-refractivity contribution in [3.05, 3.63) is 162 Å². The molecule has 0 saturated heterocycles. The summed E-state index contributed by atoms with van der Waals surface area (Å²) in [6, 6.07) is 44.9. The summed E-state index contributed by atoms with van der Waals surface area (Å²) in [5.41, 5.74) is 5.23. The number of aryl methyl sites for hydroxylation is 1. The summed E-state index contributed by atoms with van der Waals surface area (Å²) in [6.07, 6.45) is 2.04. The molecule has 6 aromatic rings. The molecule has 2 heterocycles. The largest absolute Gasteiger partial charge is 0.442 e. The van der Waals surface area contributed by atoms with Crippen LogP contribution in [0, 0.1) is 6.92 Å². The first-order chi connectivity index (χ1) is 19.1. The van der Waals surface area contributed by atoms with Crippen LogP contribution >= 0.6 is 7.60 Å². The Morgan fingerprint density at radius 2 is 1.18 bits per heavy atom. The quantitative estimate of drug-likeness (QED) is 0.184. The van der Waals surface area contributed by atoms with Crippen molar-refractivity contribution in [1.29, 1.82) is 0 Å². The number of hydrogen-bond donors (Lipinski definition) is 0. The fourth-order valence-corrected chi connectivity index (χ4v) is 7.06. The van der Waals surface area contributed by atoms with Gasteiger partial charge >= 0.3 is 7.60 Å². The molecule has 0 spiro atoms. The normalized spacial score (nSPS) is 12.2. The van der Waals surface area contributed by atoms with Gasteiger partial charge in [-0.1, -0.05) is 103 Å². The van der Waals surface area contributed by atoms with E-state index < -0.39 is 13.3 Å². The number of pyridine rings is 1. The van der Waals surface area contributed by atoms with Crippen molar-refractivity contribution >= 4 is 13.1 Å². The number of rotatable bonds is 8. The van der Waals surface area contributed by atoms with Crippen LogP contribution in [-0.4, -0.2) is 4.40 Å². The van der Waals surface area contributed by atoms with Gasteiger partial charge in [-0.2, -0.15) is 0 Å². The van der Waals surface area contributed by atoms with Gasteiger partial charge in [0.15, 0.2) is 0 Å². The van der Waals surface area contributed by atoms with Crippen molar-refractivity contribution in [2.24, 2.45) is 0 Å². The summed E-state index contributed by atoms with van der Waals surface area (Å²) in [4.78, 5) is 0. The van der Waals surface area contributed by atoms with Gasteiger partial charge < -0.3 is 13.4 Å². The topological polar surface area (TPSA) is 39.9 Å². The molecule has 0 radical (unpaired) electrons. The van der Waals surface area contributed by atoms with E-state index in [9.17, 15) is 0 Å². The molecule has 39 heavy (non-hydrogen) atoms. The van der Waals surface area contributed by atoms with Crippen molar-refractivity contribution in [1.82, 2.24) is 4.40 Å². The van der Waals surface area contributed by atoms with Gasteiger partial charge in [-0.3, -0.25) is 0 Å². The summed E-state index contributed by atoms with van der Waals surface area (Å²) in [6.45, 7) is 2.08. The van der Waals surface area contributed by atoms with E-state index in [4.69, 9.17) is 9.05 Å². The monoisotopic (exact) mass is 529 g/mol. The molecule has 192 valence electrons. The SMILES string of the molecule is Cc1ccc(-c2cc(C(c3ccccc3)P(=O)(Oc3ccccc3)Oc3ccccc3)c3ccccn23)cc1. The smallest absolute Gasteiger partial charge is 0.415 e. The van der Waals surface area contributed by atoms with Gasteiger partial charge in [-0.05, 0) is 60.5 Å². The molecule has 1 unspecified atom stereocenters. The Morgan fingerprint density at radius 3 is 1.77 bits per heavy atom. The van der Waals surface area contributed by atoms with Gasteiger partial charge in [-0.25, -0.2) is 4.57 Å². The van der Waals surface area contributed by atoms with Crippen molar-refractivity contribution < 1.29 is 13.6 Å². The molecule has 0 fully saturated rings. The second kappa shape index (κ2) is 10.7. The highest BCUT2D eigenvalue weighted by atomic mass is 31.2. The van der Waals surface area contributed by atoms with Crippen LogP contribution in [0.4, 0.5) is 0 Å². The van der Waals surface area contributed by atoms with Crippen LogP contribution in [-0.2, 0) is 4.57 Å². The Hall–Kier alpha value is -4.53. The summed E-state index contributed by atoms with van der Waals surface area (Å²) in [5.74, 6) is 0.972. The maximum Gasteiger partial charge on any atom is 0.442 e. The van der Waals surface area contributed by atoms with E-state index in [0.29, 0.717) is 11.5 Å². The zero-order valence-corrected chi connectivity index (χ0v) is 22.4. The van der Waals surface area contributed by atoms with E-state index >= 15 is 4.57 Å². The van der Waals surface area contributed by atoms with E-state index in [1.54, 1.807) is 24.3 Å². The molecule has 0 amide bonds. The highest BCUT2D eigenvalue weighted by Gasteiger charge is 2.43. The predicted octanol–water partition coefficient (Wildman–Crippen LogP) is 9.36. The summed E-state index contributed by atoms with van der Waals surface area (Å²) in [7, 11) is -3.92. The standard InChI is InChI=1S/C34H28NO3P/c1-26-20-22-27(23-21-26)33-25-31(32-19-11-12-24-35(32)33)34(28-13-5-2-6-14-28)39(36,37-29-15-7-3-8-16-29)38-30-17-9-4-10-18-30/h2-25,34H,1H3. The lowest BCUT2D eigenvalue weighted by Crippen LogP contribution is -2.12. The van der Waals surface area contributed by atoms with Gasteiger partial charge in [0.2, 0.25) is 0 Å². The minimum Gasteiger partial charge on any atom is -0.415 e. The zero-order chi connectivity index (χ0) is 26.7. The van der Waals surface area contributed by atoms with Crippen LogP contribution in [0.15, 0.2) is 146 Å². The summed E-state index contributed by atoms with van der Waals surface area (Å²) < 4.78 is 30.1. The number of aromatic nitrogens is 1. The average Bonchev–Trinajstić information content (AvgIpc) is 3.34. The second-order valence-electron chi connectivity index (χ2n) is 9.47. The number of para-hydroxylation sites is 2. The van der Waals surface area contributed by atoms with Gasteiger partial charge in [0.1, 0.15) is 17.2 Å². The number of fused-ring (bicyclic) bond motifs is 1. The molecule has 0 aliphatic carbocycles. The third-order valence-electron chi connectivity index (χ3n) is 6.73. The molecule has 6 rings (SSSR count). The summed E-state index contributed by atoms with van der Waals surface area (Å²) >= 11 is 0. The molecule has 0 aliphatic rings. The maximum atomic E-state index is 15.2. The van der Waals surface area contributed by atoms with Gasteiger partial charge in [0.25, 0.3) is 0 Å². The molecule has 1 atom stereocenters. The molecule has 2 aromatic heterocycles. The van der Waals surface area contributed by atoms with Crippen LogP contribution in [0.1, 0.15) is 22.3 Å². The second-order valence-corrected chi connectivity index (χ2v) is 11.4. The Morgan fingerprint density at radius 1 is 0.641 bits per heavy atom. The van der Waals surface area contributed by atoms with Crippen molar-refractivity contribution in [3.8, 4) is 22.8 Å². The lowest BCUT2D eigenvalue weighted by Gasteiger charge is -2.28. The third-order valence-corrected chi connectivity index (χ3v) is 8.87. The minimum absolute atomic E-state index is 0.486. The number of benzene rings is 4. The van der Waals surface area contributed by atoms with Crippen LogP contribution in [0.5, 0.6) is 11.5 Å². The average molecular weight is 530 g/mol. The number of nitrogens with zero attached hydrogens (tertiary/aromatic N) is 1. The fourth-order valence-electron chi connectivity index (χ4n) is 4.89. The van der Waals surface area contributed by atoms with Crippen LogP contribution in [0.25, 0.3) is 16.8 Å². The first-order valence-electron chi connectivity index (χ1n) is 12.9. The van der Waals surface area contributed by atoms with E-state index in [-0.39, 0.29) is 0 Å². The Balaban J connectivity index is 1.59. The molecule has 0 bridgehead atoms. The molecule has 4 aromatic carbocycles. The Bertz CT molecular complexity index is 1680. The molecule has 0 saturated carbocycles. The highest BCUT2D eigenvalue weighted by Crippen LogP contribution is 2.63. The first kappa shape index (κ1) is 24.8. The van der Waals surface area contributed by atoms with Gasteiger partial charge in [-0.15, -0.1) is 0 Å². The summed E-state index contributed by atoms with van der Waals surface area (Å²) in [5, 5.41) is 0. The molecular formula is C34H28NO3P. The van der Waals surface area contributed by atoms with Crippen molar-refractivity contribution in [2.75, 3.05) is 0 Å². The fraction of sp³-hybridized carbons (Fsp3) is 0.0588. The molecular weight excluding hydrogens is 501 g/mol. The van der Waals surface area contributed by atoms with Crippen molar-refractivity contribution in [3.63, 3.8) is 0 Å². The highest BCUT2D eigenvalue weighted by molar-refractivity contribution is 7.55. The molecule has 0 N–H and O–H groups in total. The van der Waals surface area contributed by atoms with E-state index in [1.807, 2.05) is 85.1 Å². The van der Waals surface area contributed by atoms with Crippen LogP contribution in [0.2, 0.25) is 0 Å². The van der Waals surface area contributed by atoms with E-state index in [1.165, 1.54) is 5.56 Å². The Kier molecular flexibility index (Phi) is 6.79. The lowest BCUT2D eigenvalue weighted by atomic mass is 10.0. The Labute approximate surface area is 228 Å². The van der Waals surface area contributed by atoms with Crippen molar-refractivity contribution in [2.45, 2.75) is 12.6 Å². The number of hydrogen-bond acceptors (Lipinski definition) is 3. The molecule has 4 nitrogen and oxygen atoms in total. The first-order valence-corrected chi connectivity index (χ1v) is 14.5. The zero-order valence-electron chi connectivity index (χ0n) is 21.6. The maximum absolute atomic E-state index is 15.2. The molecule has 5 heteroatoms. The predicted molar refractivity (Wildman–Crippen MR) is 158 cm³/mol.